The molecule has 0 radical (unpaired) electrons. The smallest absolute Gasteiger partial charge is 0.0571 e. The van der Waals surface area contributed by atoms with Crippen molar-refractivity contribution in [3.05, 3.63) is 0 Å². The van der Waals surface area contributed by atoms with Gasteiger partial charge in [0.2, 0.25) is 0 Å². The average Bonchev–Trinajstić information content (AvgIpc) is 2.15. The SMILES string of the molecule is CC(O)CC(C)OCC1CCCCC1. The minimum Gasteiger partial charge on any atom is -0.393 e. The zero-order valence-electron chi connectivity index (χ0n) is 9.54. The lowest BCUT2D eigenvalue weighted by Crippen LogP contribution is -2.21. The van der Waals surface area contributed by atoms with Crippen molar-refractivity contribution < 1.29 is 9.84 Å². The fourth-order valence-corrected chi connectivity index (χ4v) is 2.20. The van der Waals surface area contributed by atoms with Gasteiger partial charge in [-0.25, -0.2) is 0 Å². The number of rotatable bonds is 5. The molecule has 2 nitrogen and oxygen atoms in total. The molecule has 1 rings (SSSR count). The third-order valence-electron chi connectivity index (χ3n) is 3.01. The highest BCUT2D eigenvalue weighted by molar-refractivity contribution is 4.66. The van der Waals surface area contributed by atoms with E-state index in [2.05, 4.69) is 6.92 Å². The van der Waals surface area contributed by atoms with Crippen LogP contribution in [0.4, 0.5) is 0 Å². The Hall–Kier alpha value is -0.0800. The van der Waals surface area contributed by atoms with Crippen molar-refractivity contribution in [1.29, 1.82) is 0 Å². The van der Waals surface area contributed by atoms with Crippen LogP contribution in [0.25, 0.3) is 0 Å². The molecule has 0 aromatic carbocycles. The van der Waals surface area contributed by atoms with Crippen molar-refractivity contribution in [2.24, 2.45) is 5.92 Å². The van der Waals surface area contributed by atoms with Crippen molar-refractivity contribution in [2.45, 2.75) is 64.6 Å². The fraction of sp³-hybridized carbons (Fsp3) is 1.00. The second-order valence-electron chi connectivity index (χ2n) is 4.73. The molecule has 0 aliphatic heterocycles. The Balaban J connectivity index is 2.06. The Kier molecular flexibility index (Phi) is 5.49. The van der Waals surface area contributed by atoms with Crippen LogP contribution in [0.1, 0.15) is 52.4 Å². The summed E-state index contributed by atoms with van der Waals surface area (Å²) < 4.78 is 5.73. The van der Waals surface area contributed by atoms with Crippen LogP contribution in [-0.2, 0) is 4.74 Å². The van der Waals surface area contributed by atoms with Gasteiger partial charge in [0.05, 0.1) is 12.2 Å². The summed E-state index contributed by atoms with van der Waals surface area (Å²) in [6, 6.07) is 0. The number of aliphatic hydroxyl groups excluding tert-OH is 1. The van der Waals surface area contributed by atoms with E-state index in [-0.39, 0.29) is 12.2 Å². The van der Waals surface area contributed by atoms with E-state index < -0.39 is 0 Å². The van der Waals surface area contributed by atoms with E-state index in [1.807, 2.05) is 6.92 Å². The maximum atomic E-state index is 9.18. The monoisotopic (exact) mass is 200 g/mol. The lowest BCUT2D eigenvalue weighted by atomic mass is 9.90. The van der Waals surface area contributed by atoms with Gasteiger partial charge in [-0.15, -0.1) is 0 Å². The third kappa shape index (κ3) is 4.97. The first kappa shape index (κ1) is 12.0. The zero-order valence-corrected chi connectivity index (χ0v) is 9.54. The minimum absolute atomic E-state index is 0.205. The molecule has 0 saturated heterocycles. The first-order valence-electron chi connectivity index (χ1n) is 5.98. The molecule has 1 aliphatic rings. The van der Waals surface area contributed by atoms with Crippen LogP contribution in [0.2, 0.25) is 0 Å². The molecule has 1 saturated carbocycles. The number of aliphatic hydroxyl groups is 1. The molecule has 1 fully saturated rings. The molecule has 2 heteroatoms. The molecule has 0 aromatic rings. The lowest BCUT2D eigenvalue weighted by molar-refractivity contribution is 0.00475. The molecule has 0 spiro atoms. The Morgan fingerprint density at radius 3 is 2.43 bits per heavy atom. The molecule has 2 atom stereocenters. The number of ether oxygens (including phenoxy) is 1. The Morgan fingerprint density at radius 2 is 1.86 bits per heavy atom. The van der Waals surface area contributed by atoms with Crippen molar-refractivity contribution in [3.63, 3.8) is 0 Å². The molecule has 1 aliphatic carbocycles. The second kappa shape index (κ2) is 6.41. The van der Waals surface area contributed by atoms with Gasteiger partial charge in [-0.2, -0.15) is 0 Å². The summed E-state index contributed by atoms with van der Waals surface area (Å²) in [5.41, 5.74) is 0. The maximum Gasteiger partial charge on any atom is 0.0571 e. The number of hydrogen-bond acceptors (Lipinski definition) is 2. The summed E-state index contributed by atoms with van der Waals surface area (Å²) in [6.45, 7) is 4.77. The zero-order chi connectivity index (χ0) is 10.4. The maximum absolute atomic E-state index is 9.18. The topological polar surface area (TPSA) is 29.5 Å². The van der Waals surface area contributed by atoms with Crippen molar-refractivity contribution in [1.82, 2.24) is 0 Å². The summed E-state index contributed by atoms with van der Waals surface area (Å²) in [4.78, 5) is 0. The lowest BCUT2D eigenvalue weighted by Gasteiger charge is -2.23. The van der Waals surface area contributed by atoms with Crippen LogP contribution < -0.4 is 0 Å². The van der Waals surface area contributed by atoms with Crippen LogP contribution in [0.3, 0.4) is 0 Å². The molecule has 0 aromatic heterocycles. The quantitative estimate of drug-likeness (QED) is 0.739. The average molecular weight is 200 g/mol. The van der Waals surface area contributed by atoms with Crippen LogP contribution in [0.15, 0.2) is 0 Å². The summed E-state index contributed by atoms with van der Waals surface area (Å²) in [5, 5.41) is 9.18. The summed E-state index contributed by atoms with van der Waals surface area (Å²) in [5.74, 6) is 0.778. The Morgan fingerprint density at radius 1 is 1.21 bits per heavy atom. The second-order valence-corrected chi connectivity index (χ2v) is 4.73. The summed E-state index contributed by atoms with van der Waals surface area (Å²) in [6.07, 6.45) is 7.54. The predicted octanol–water partition coefficient (Wildman–Crippen LogP) is 2.74. The van der Waals surface area contributed by atoms with Gasteiger partial charge in [0, 0.05) is 6.61 Å². The van der Waals surface area contributed by atoms with E-state index in [1.54, 1.807) is 0 Å². The van der Waals surface area contributed by atoms with Crippen molar-refractivity contribution in [2.75, 3.05) is 6.61 Å². The molecular weight excluding hydrogens is 176 g/mol. The van der Waals surface area contributed by atoms with Crippen LogP contribution in [-0.4, -0.2) is 23.9 Å². The van der Waals surface area contributed by atoms with E-state index in [0.717, 1.165) is 18.9 Å². The number of hydrogen-bond donors (Lipinski definition) is 1. The standard InChI is InChI=1S/C12H24O2/c1-10(13)8-11(2)14-9-12-6-4-3-5-7-12/h10-13H,3-9H2,1-2H3. The van der Waals surface area contributed by atoms with Gasteiger partial charge >= 0.3 is 0 Å². The molecule has 0 heterocycles. The molecule has 1 N–H and O–H groups in total. The highest BCUT2D eigenvalue weighted by atomic mass is 16.5. The summed E-state index contributed by atoms with van der Waals surface area (Å²) in [7, 11) is 0. The highest BCUT2D eigenvalue weighted by Gasteiger charge is 2.15. The predicted molar refractivity (Wildman–Crippen MR) is 58.3 cm³/mol. The van der Waals surface area contributed by atoms with E-state index in [0.29, 0.717) is 0 Å². The van der Waals surface area contributed by atoms with Gasteiger partial charge in [0.15, 0.2) is 0 Å². The highest BCUT2D eigenvalue weighted by Crippen LogP contribution is 2.24. The molecule has 0 amide bonds. The largest absolute Gasteiger partial charge is 0.393 e. The van der Waals surface area contributed by atoms with Crippen molar-refractivity contribution in [3.8, 4) is 0 Å². The fourth-order valence-electron chi connectivity index (χ4n) is 2.20. The van der Waals surface area contributed by atoms with Gasteiger partial charge in [-0.1, -0.05) is 19.3 Å². The molecular formula is C12H24O2. The van der Waals surface area contributed by atoms with Gasteiger partial charge in [-0.3, -0.25) is 0 Å². The van der Waals surface area contributed by atoms with E-state index >= 15 is 0 Å². The molecule has 0 bridgehead atoms. The van der Waals surface area contributed by atoms with E-state index in [9.17, 15) is 5.11 Å². The van der Waals surface area contributed by atoms with Crippen LogP contribution in [0, 0.1) is 5.92 Å². The first-order chi connectivity index (χ1) is 6.68. The van der Waals surface area contributed by atoms with Crippen LogP contribution in [0.5, 0.6) is 0 Å². The third-order valence-corrected chi connectivity index (χ3v) is 3.01. The van der Waals surface area contributed by atoms with E-state index in [1.165, 1.54) is 32.1 Å². The van der Waals surface area contributed by atoms with E-state index in [4.69, 9.17) is 4.74 Å². The van der Waals surface area contributed by atoms with Crippen molar-refractivity contribution >= 4 is 0 Å². The Bertz CT molecular complexity index is 139. The molecule has 2 unspecified atom stereocenters. The van der Waals surface area contributed by atoms with Gasteiger partial charge in [0.1, 0.15) is 0 Å². The van der Waals surface area contributed by atoms with Crippen LogP contribution >= 0.6 is 0 Å². The molecule has 84 valence electrons. The molecule has 14 heavy (non-hydrogen) atoms. The Labute approximate surface area is 87.7 Å². The minimum atomic E-state index is -0.239. The van der Waals surface area contributed by atoms with Gasteiger partial charge in [0.25, 0.3) is 0 Å². The first-order valence-corrected chi connectivity index (χ1v) is 5.98. The normalized spacial score (nSPS) is 23.4. The van der Waals surface area contributed by atoms with Gasteiger partial charge < -0.3 is 9.84 Å². The van der Waals surface area contributed by atoms with Gasteiger partial charge in [-0.05, 0) is 39.0 Å². The summed E-state index contributed by atoms with van der Waals surface area (Å²) >= 11 is 0.